The molecule has 0 spiro atoms. The van der Waals surface area contributed by atoms with Gasteiger partial charge in [0.2, 0.25) is 0 Å². The first kappa shape index (κ1) is 12.5. The van der Waals surface area contributed by atoms with Gasteiger partial charge in [-0.15, -0.1) is 11.3 Å². The van der Waals surface area contributed by atoms with Crippen molar-refractivity contribution in [3.05, 3.63) is 32.9 Å². The Labute approximate surface area is 112 Å². The first-order chi connectivity index (χ1) is 7.99. The van der Waals surface area contributed by atoms with Crippen LogP contribution in [0.25, 0.3) is 10.7 Å². The zero-order chi connectivity index (χ0) is 12.6. The molecule has 0 aliphatic heterocycles. The molecule has 0 amide bonds. The average Bonchev–Trinajstić information content (AvgIpc) is 2.60. The molecule has 0 aromatic carbocycles. The molecule has 0 atom stereocenters. The summed E-state index contributed by atoms with van der Waals surface area (Å²) in [6.07, 6.45) is 1.51. The minimum atomic E-state index is -0.00339. The highest BCUT2D eigenvalue weighted by molar-refractivity contribution is 7.17. The standard InChI is InChI=1S/C11H8Cl2N2OS/c1-5-10(6(2)16)17-11(15-5)9-8(13)3-7(12)4-14-9/h3-4H,1-2H3. The number of thiazole rings is 1. The van der Waals surface area contributed by atoms with Gasteiger partial charge < -0.3 is 0 Å². The Morgan fingerprint density at radius 1 is 1.41 bits per heavy atom. The molecule has 0 N–H and O–H groups in total. The van der Waals surface area contributed by atoms with Crippen molar-refractivity contribution < 1.29 is 4.79 Å². The zero-order valence-electron chi connectivity index (χ0n) is 9.12. The third-order valence-electron chi connectivity index (χ3n) is 2.13. The molecule has 2 heterocycles. The van der Waals surface area contributed by atoms with E-state index in [4.69, 9.17) is 23.2 Å². The van der Waals surface area contributed by atoms with Gasteiger partial charge in [-0.05, 0) is 13.0 Å². The van der Waals surface area contributed by atoms with Crippen LogP contribution in [-0.2, 0) is 0 Å². The SMILES string of the molecule is CC(=O)c1sc(-c2ncc(Cl)cc2Cl)nc1C. The van der Waals surface area contributed by atoms with Gasteiger partial charge >= 0.3 is 0 Å². The average molecular weight is 287 g/mol. The second-order valence-electron chi connectivity index (χ2n) is 3.47. The van der Waals surface area contributed by atoms with Gasteiger partial charge in [0, 0.05) is 13.1 Å². The quantitative estimate of drug-likeness (QED) is 0.783. The number of ketones is 1. The van der Waals surface area contributed by atoms with Crippen LogP contribution in [0.15, 0.2) is 12.3 Å². The topological polar surface area (TPSA) is 42.9 Å². The number of hydrogen-bond acceptors (Lipinski definition) is 4. The van der Waals surface area contributed by atoms with Crippen molar-refractivity contribution in [2.45, 2.75) is 13.8 Å². The summed E-state index contributed by atoms with van der Waals surface area (Å²) < 4.78 is 0. The lowest BCUT2D eigenvalue weighted by Crippen LogP contribution is -1.89. The lowest BCUT2D eigenvalue weighted by molar-refractivity contribution is 0.102. The normalized spacial score (nSPS) is 10.6. The molecule has 0 aliphatic carbocycles. The van der Waals surface area contributed by atoms with Crippen molar-refractivity contribution in [2.75, 3.05) is 0 Å². The van der Waals surface area contributed by atoms with Crippen LogP contribution in [0.3, 0.4) is 0 Å². The second kappa shape index (κ2) is 4.72. The number of aryl methyl sites for hydroxylation is 1. The Bertz CT molecular complexity index is 595. The van der Waals surface area contributed by atoms with Gasteiger partial charge in [-0.2, -0.15) is 0 Å². The van der Waals surface area contributed by atoms with Crippen molar-refractivity contribution in [1.82, 2.24) is 9.97 Å². The van der Waals surface area contributed by atoms with Gasteiger partial charge in [0.25, 0.3) is 0 Å². The largest absolute Gasteiger partial charge is 0.294 e. The summed E-state index contributed by atoms with van der Waals surface area (Å²) in [7, 11) is 0. The smallest absolute Gasteiger partial charge is 0.171 e. The van der Waals surface area contributed by atoms with Gasteiger partial charge in [0.05, 0.1) is 20.6 Å². The molecule has 0 unspecified atom stereocenters. The minimum Gasteiger partial charge on any atom is -0.294 e. The van der Waals surface area contributed by atoms with Crippen molar-refractivity contribution >= 4 is 40.3 Å². The minimum absolute atomic E-state index is 0.00339. The van der Waals surface area contributed by atoms with Crippen molar-refractivity contribution in [3.63, 3.8) is 0 Å². The molecule has 0 saturated heterocycles. The third kappa shape index (κ3) is 2.49. The van der Waals surface area contributed by atoms with E-state index in [1.54, 1.807) is 13.0 Å². The summed E-state index contributed by atoms with van der Waals surface area (Å²) >= 11 is 13.1. The molecule has 0 bridgehead atoms. The summed E-state index contributed by atoms with van der Waals surface area (Å²) in [5.74, 6) is -0.00339. The number of halogens is 2. The van der Waals surface area contributed by atoms with E-state index in [0.717, 1.165) is 0 Å². The van der Waals surface area contributed by atoms with Crippen LogP contribution in [-0.4, -0.2) is 15.8 Å². The van der Waals surface area contributed by atoms with Crippen LogP contribution in [0, 0.1) is 6.92 Å². The number of carbonyl (C=O) groups excluding carboxylic acids is 1. The van der Waals surface area contributed by atoms with E-state index in [1.807, 2.05) is 0 Å². The fourth-order valence-electron chi connectivity index (χ4n) is 1.40. The monoisotopic (exact) mass is 286 g/mol. The third-order valence-corrected chi connectivity index (χ3v) is 3.89. The fourth-order valence-corrected chi connectivity index (χ4v) is 2.89. The Hall–Kier alpha value is -0.970. The van der Waals surface area contributed by atoms with E-state index in [2.05, 4.69) is 9.97 Å². The van der Waals surface area contributed by atoms with E-state index in [-0.39, 0.29) is 5.78 Å². The maximum Gasteiger partial charge on any atom is 0.171 e. The first-order valence-electron chi connectivity index (χ1n) is 4.79. The molecular formula is C11H8Cl2N2OS. The number of aromatic nitrogens is 2. The molecule has 2 aromatic heterocycles. The Morgan fingerprint density at radius 2 is 2.12 bits per heavy atom. The van der Waals surface area contributed by atoms with E-state index in [0.29, 0.717) is 31.3 Å². The van der Waals surface area contributed by atoms with Gasteiger partial charge in [0.1, 0.15) is 10.7 Å². The molecule has 2 rings (SSSR count). The van der Waals surface area contributed by atoms with E-state index in [1.165, 1.54) is 24.5 Å². The maximum atomic E-state index is 11.3. The zero-order valence-corrected chi connectivity index (χ0v) is 11.4. The van der Waals surface area contributed by atoms with E-state index < -0.39 is 0 Å². The molecule has 0 radical (unpaired) electrons. The maximum absolute atomic E-state index is 11.3. The van der Waals surface area contributed by atoms with Crippen LogP contribution in [0.1, 0.15) is 22.3 Å². The van der Waals surface area contributed by atoms with E-state index in [9.17, 15) is 4.79 Å². The van der Waals surface area contributed by atoms with Gasteiger partial charge in [0.15, 0.2) is 5.78 Å². The van der Waals surface area contributed by atoms with Crippen LogP contribution in [0.4, 0.5) is 0 Å². The second-order valence-corrected chi connectivity index (χ2v) is 5.32. The molecule has 0 aliphatic rings. The van der Waals surface area contributed by atoms with Crippen LogP contribution in [0.2, 0.25) is 10.0 Å². The molecule has 2 aromatic rings. The molecule has 0 saturated carbocycles. The summed E-state index contributed by atoms with van der Waals surface area (Å²) in [4.78, 5) is 20.4. The van der Waals surface area contributed by atoms with Crippen LogP contribution < -0.4 is 0 Å². The highest BCUT2D eigenvalue weighted by atomic mass is 35.5. The van der Waals surface area contributed by atoms with Crippen LogP contribution >= 0.6 is 34.5 Å². The number of Topliss-reactive ketones (excluding diaryl/α,β-unsaturated/α-hetero) is 1. The summed E-state index contributed by atoms with van der Waals surface area (Å²) in [5, 5.41) is 1.54. The van der Waals surface area contributed by atoms with Gasteiger partial charge in [-0.3, -0.25) is 9.78 Å². The predicted octanol–water partition coefficient (Wildman–Crippen LogP) is 4.02. The number of nitrogens with zero attached hydrogens (tertiary/aromatic N) is 2. The fraction of sp³-hybridized carbons (Fsp3) is 0.182. The van der Waals surface area contributed by atoms with Crippen molar-refractivity contribution in [1.29, 1.82) is 0 Å². The molecule has 0 fully saturated rings. The van der Waals surface area contributed by atoms with E-state index >= 15 is 0 Å². The lowest BCUT2D eigenvalue weighted by atomic mass is 10.3. The Morgan fingerprint density at radius 3 is 2.65 bits per heavy atom. The highest BCUT2D eigenvalue weighted by Gasteiger charge is 2.15. The molecule has 6 heteroatoms. The lowest BCUT2D eigenvalue weighted by Gasteiger charge is -1.98. The number of carbonyl (C=O) groups is 1. The Balaban J connectivity index is 2.53. The first-order valence-corrected chi connectivity index (χ1v) is 6.36. The molecular weight excluding hydrogens is 279 g/mol. The molecule has 17 heavy (non-hydrogen) atoms. The van der Waals surface area contributed by atoms with Gasteiger partial charge in [-0.1, -0.05) is 23.2 Å². The van der Waals surface area contributed by atoms with Crippen molar-refractivity contribution in [2.24, 2.45) is 0 Å². The summed E-state index contributed by atoms with van der Waals surface area (Å²) in [6, 6.07) is 1.61. The van der Waals surface area contributed by atoms with Crippen molar-refractivity contribution in [3.8, 4) is 10.7 Å². The van der Waals surface area contributed by atoms with Crippen LogP contribution in [0.5, 0.6) is 0 Å². The Kier molecular flexibility index (Phi) is 3.47. The summed E-state index contributed by atoms with van der Waals surface area (Å²) in [6.45, 7) is 3.31. The molecule has 88 valence electrons. The summed E-state index contributed by atoms with van der Waals surface area (Å²) in [5.41, 5.74) is 1.25. The number of pyridine rings is 1. The highest BCUT2D eigenvalue weighted by Crippen LogP contribution is 2.32. The van der Waals surface area contributed by atoms with Gasteiger partial charge in [-0.25, -0.2) is 4.98 Å². The number of hydrogen-bond donors (Lipinski definition) is 0. The number of rotatable bonds is 2. The predicted molar refractivity (Wildman–Crippen MR) is 70.1 cm³/mol. The molecule has 3 nitrogen and oxygen atoms in total.